The monoisotopic (exact) mass is 498 g/mol. The molecule has 1 aromatic carbocycles. The number of carbonyl (C=O) groups excluding carboxylic acids is 3. The van der Waals surface area contributed by atoms with Crippen LogP contribution in [0.1, 0.15) is 56.9 Å². The minimum Gasteiger partial charge on any atom is -0.308 e. The predicted molar refractivity (Wildman–Crippen MR) is 139 cm³/mol. The van der Waals surface area contributed by atoms with Gasteiger partial charge in [-0.15, -0.1) is 11.3 Å². The number of aromatic nitrogens is 1. The topological polar surface area (TPSA) is 95.2 Å². The number of fused-ring (bicyclic) bond motifs is 1. The average molecular weight is 499 g/mol. The summed E-state index contributed by atoms with van der Waals surface area (Å²) in [5, 5.41) is 13.1. The summed E-state index contributed by atoms with van der Waals surface area (Å²) in [4.78, 5) is 41.2. The molecule has 1 saturated heterocycles. The Labute approximate surface area is 213 Å². The molecule has 7 nitrogen and oxygen atoms in total. The van der Waals surface area contributed by atoms with Crippen molar-refractivity contribution in [3.8, 4) is 11.1 Å². The van der Waals surface area contributed by atoms with Crippen molar-refractivity contribution >= 4 is 40.9 Å². The van der Waals surface area contributed by atoms with E-state index in [0.29, 0.717) is 16.8 Å². The summed E-state index contributed by atoms with van der Waals surface area (Å²) in [5.41, 5.74) is 6.35. The Morgan fingerprint density at radius 1 is 1.08 bits per heavy atom. The summed E-state index contributed by atoms with van der Waals surface area (Å²) in [5.74, 6) is -1.38. The van der Waals surface area contributed by atoms with Crippen LogP contribution in [0.5, 0.6) is 0 Å². The third kappa shape index (κ3) is 3.67. The standard InChI is InChI=1S/C28H26N4O3S/c1-15-8-7-10-23(17(15)3)32-26(34)21(25(33)30-28(32)35)13-19-12-16(2)31(18(19)4)27-22(14-29)20-9-5-6-11-24(20)36-27/h7-8,10,12-13H,5-6,9,11H2,1-4H3,(H,30,33,35)/b21-13+. The summed E-state index contributed by atoms with van der Waals surface area (Å²) < 4.78 is 2.03. The second-order valence-electron chi connectivity index (χ2n) is 9.34. The number of nitriles is 1. The number of thiophene rings is 1. The summed E-state index contributed by atoms with van der Waals surface area (Å²) in [6.07, 6.45) is 5.67. The van der Waals surface area contributed by atoms with Crippen LogP contribution in [0.15, 0.2) is 29.8 Å². The molecular formula is C28H26N4O3S. The van der Waals surface area contributed by atoms with Crippen LogP contribution in [0.4, 0.5) is 10.5 Å². The second-order valence-corrected chi connectivity index (χ2v) is 10.4. The van der Waals surface area contributed by atoms with Gasteiger partial charge in [-0.25, -0.2) is 9.69 Å². The van der Waals surface area contributed by atoms with Crippen molar-refractivity contribution < 1.29 is 14.4 Å². The number of benzene rings is 1. The van der Waals surface area contributed by atoms with Crippen LogP contribution in [0.25, 0.3) is 11.1 Å². The number of carbonyl (C=O) groups is 3. The number of urea groups is 1. The molecule has 182 valence electrons. The summed E-state index contributed by atoms with van der Waals surface area (Å²) in [6.45, 7) is 7.60. The minimum absolute atomic E-state index is 0.110. The number of barbiturate groups is 1. The fourth-order valence-electron chi connectivity index (χ4n) is 5.08. The van der Waals surface area contributed by atoms with Gasteiger partial charge in [0.1, 0.15) is 16.6 Å². The zero-order chi connectivity index (χ0) is 25.7. The molecule has 1 aliphatic heterocycles. The first kappa shape index (κ1) is 23.8. The maximum Gasteiger partial charge on any atom is 0.335 e. The van der Waals surface area contributed by atoms with Crippen LogP contribution in [0.3, 0.4) is 0 Å². The van der Waals surface area contributed by atoms with E-state index in [-0.39, 0.29) is 5.57 Å². The van der Waals surface area contributed by atoms with Crippen molar-refractivity contribution in [1.82, 2.24) is 9.88 Å². The van der Waals surface area contributed by atoms with E-state index >= 15 is 0 Å². The molecule has 0 saturated carbocycles. The van der Waals surface area contributed by atoms with Crippen molar-refractivity contribution in [3.05, 3.63) is 73.9 Å². The maximum atomic E-state index is 13.4. The zero-order valence-corrected chi connectivity index (χ0v) is 21.5. The summed E-state index contributed by atoms with van der Waals surface area (Å²) in [6, 6.07) is 8.93. The smallest absolute Gasteiger partial charge is 0.308 e. The number of imide groups is 2. The van der Waals surface area contributed by atoms with Gasteiger partial charge >= 0.3 is 6.03 Å². The highest BCUT2D eigenvalue weighted by Crippen LogP contribution is 2.38. The van der Waals surface area contributed by atoms with Crippen LogP contribution in [-0.4, -0.2) is 22.4 Å². The first-order chi connectivity index (χ1) is 17.2. The highest BCUT2D eigenvalue weighted by atomic mass is 32.1. The van der Waals surface area contributed by atoms with Gasteiger partial charge in [0.25, 0.3) is 11.8 Å². The number of nitrogens with zero attached hydrogens (tertiary/aromatic N) is 3. The Morgan fingerprint density at radius 2 is 1.83 bits per heavy atom. The number of hydrogen-bond acceptors (Lipinski definition) is 5. The van der Waals surface area contributed by atoms with Gasteiger partial charge in [0.2, 0.25) is 0 Å². The van der Waals surface area contributed by atoms with E-state index in [4.69, 9.17) is 0 Å². The van der Waals surface area contributed by atoms with E-state index in [1.165, 1.54) is 4.88 Å². The molecule has 0 bridgehead atoms. The van der Waals surface area contributed by atoms with Crippen LogP contribution < -0.4 is 10.2 Å². The van der Waals surface area contributed by atoms with E-state index in [2.05, 4.69) is 11.4 Å². The molecule has 0 atom stereocenters. The lowest BCUT2D eigenvalue weighted by atomic mass is 9.96. The van der Waals surface area contributed by atoms with E-state index in [0.717, 1.165) is 63.7 Å². The van der Waals surface area contributed by atoms with Gasteiger partial charge in [-0.05, 0) is 93.8 Å². The molecule has 1 N–H and O–H groups in total. The maximum absolute atomic E-state index is 13.4. The lowest BCUT2D eigenvalue weighted by molar-refractivity contribution is -0.122. The molecule has 1 fully saturated rings. The fourth-order valence-corrected chi connectivity index (χ4v) is 6.53. The number of anilines is 1. The largest absolute Gasteiger partial charge is 0.335 e. The lowest BCUT2D eigenvalue weighted by Gasteiger charge is -2.28. The molecule has 2 aliphatic rings. The number of amides is 4. The van der Waals surface area contributed by atoms with Crippen molar-refractivity contribution in [2.24, 2.45) is 0 Å². The molecule has 3 aromatic rings. The average Bonchev–Trinajstić information content (AvgIpc) is 3.34. The van der Waals surface area contributed by atoms with Gasteiger partial charge in [0, 0.05) is 16.3 Å². The third-order valence-electron chi connectivity index (χ3n) is 7.16. The number of rotatable bonds is 3. The van der Waals surface area contributed by atoms with E-state index in [1.807, 2.05) is 44.4 Å². The highest BCUT2D eigenvalue weighted by Gasteiger charge is 2.38. The van der Waals surface area contributed by atoms with Gasteiger partial charge < -0.3 is 4.57 Å². The van der Waals surface area contributed by atoms with Gasteiger partial charge in [0.05, 0.1) is 11.3 Å². The van der Waals surface area contributed by atoms with Gasteiger partial charge in [-0.3, -0.25) is 14.9 Å². The molecule has 36 heavy (non-hydrogen) atoms. The molecule has 0 spiro atoms. The van der Waals surface area contributed by atoms with E-state index < -0.39 is 17.8 Å². The Balaban J connectivity index is 1.59. The van der Waals surface area contributed by atoms with Crippen LogP contribution in [0, 0.1) is 39.0 Å². The normalized spacial score (nSPS) is 16.8. The van der Waals surface area contributed by atoms with Crippen molar-refractivity contribution in [3.63, 3.8) is 0 Å². The van der Waals surface area contributed by atoms with E-state index in [1.54, 1.807) is 29.5 Å². The number of aryl methyl sites for hydroxylation is 3. The fraction of sp³-hybridized carbons (Fsp3) is 0.286. The molecule has 5 rings (SSSR count). The Hall–Kier alpha value is -3.96. The molecule has 8 heteroatoms. The molecule has 0 unspecified atom stereocenters. The van der Waals surface area contributed by atoms with Crippen LogP contribution in [0.2, 0.25) is 0 Å². The Morgan fingerprint density at radius 3 is 2.58 bits per heavy atom. The third-order valence-corrected chi connectivity index (χ3v) is 8.43. The first-order valence-electron chi connectivity index (χ1n) is 11.9. The zero-order valence-electron chi connectivity index (χ0n) is 20.7. The van der Waals surface area contributed by atoms with Crippen LogP contribution >= 0.6 is 11.3 Å². The second kappa shape index (κ2) is 8.92. The summed E-state index contributed by atoms with van der Waals surface area (Å²) in [7, 11) is 0. The molecule has 1 aliphatic carbocycles. The van der Waals surface area contributed by atoms with Gasteiger partial charge in [-0.1, -0.05) is 12.1 Å². The SMILES string of the molecule is Cc1cccc(N2C(=O)NC(=O)/C(=C\c3cc(C)n(-c4sc5c(c4C#N)CCCC5)c3C)C2=O)c1C. The number of nitrogens with one attached hydrogen (secondary N) is 1. The quantitative estimate of drug-likeness (QED) is 0.397. The molecule has 3 heterocycles. The number of hydrogen-bond donors (Lipinski definition) is 1. The van der Waals surface area contributed by atoms with Crippen molar-refractivity contribution in [2.45, 2.75) is 53.4 Å². The molecular weight excluding hydrogens is 472 g/mol. The molecule has 4 amide bonds. The molecule has 2 aromatic heterocycles. The summed E-state index contributed by atoms with van der Waals surface area (Å²) >= 11 is 1.65. The van der Waals surface area contributed by atoms with Crippen LogP contribution in [-0.2, 0) is 22.4 Å². The Bertz CT molecular complexity index is 1530. The highest BCUT2D eigenvalue weighted by molar-refractivity contribution is 7.15. The first-order valence-corrected chi connectivity index (χ1v) is 12.8. The van der Waals surface area contributed by atoms with Gasteiger partial charge in [0.15, 0.2) is 0 Å². The van der Waals surface area contributed by atoms with Gasteiger partial charge in [-0.2, -0.15) is 5.26 Å². The van der Waals surface area contributed by atoms with E-state index in [9.17, 15) is 19.6 Å². The van der Waals surface area contributed by atoms with Crippen molar-refractivity contribution in [2.75, 3.05) is 4.90 Å². The lowest BCUT2D eigenvalue weighted by Crippen LogP contribution is -2.54. The van der Waals surface area contributed by atoms with Crippen molar-refractivity contribution in [1.29, 1.82) is 5.26 Å². The molecule has 0 radical (unpaired) electrons. The minimum atomic E-state index is -0.760. The predicted octanol–water partition coefficient (Wildman–Crippen LogP) is 5.19. The Kier molecular flexibility index (Phi) is 5.89.